The van der Waals surface area contributed by atoms with Crippen molar-refractivity contribution in [2.24, 2.45) is 0 Å². The molecule has 0 spiro atoms. The molecule has 0 aromatic heterocycles. The summed E-state index contributed by atoms with van der Waals surface area (Å²) in [5, 5.41) is 12.0. The van der Waals surface area contributed by atoms with Crippen LogP contribution in [0.2, 0.25) is 0 Å². The van der Waals surface area contributed by atoms with E-state index < -0.39 is 0 Å². The summed E-state index contributed by atoms with van der Waals surface area (Å²) in [5.74, 6) is 0. The largest absolute Gasteiger partial charge is 0.313 e. The summed E-state index contributed by atoms with van der Waals surface area (Å²) in [6, 6.07) is 3.23. The van der Waals surface area contributed by atoms with Crippen LogP contribution in [0.4, 0.5) is 0 Å². The molecule has 0 radical (unpaired) electrons. The van der Waals surface area contributed by atoms with Crippen LogP contribution in [0.25, 0.3) is 0 Å². The molecule has 0 bridgehead atoms. The van der Waals surface area contributed by atoms with E-state index in [1.165, 1.54) is 6.42 Å². The van der Waals surface area contributed by atoms with Gasteiger partial charge in [-0.05, 0) is 26.9 Å². The Morgan fingerprint density at radius 3 is 3.08 bits per heavy atom. The van der Waals surface area contributed by atoms with E-state index in [-0.39, 0.29) is 0 Å². The van der Waals surface area contributed by atoms with Crippen LogP contribution in [0, 0.1) is 11.3 Å². The lowest BCUT2D eigenvalue weighted by Gasteiger charge is -2.22. The smallest absolute Gasteiger partial charge is 0.0638 e. The Hall–Kier alpha value is -0.590. The molecule has 3 heteroatoms. The van der Waals surface area contributed by atoms with E-state index in [2.05, 4.69) is 30.3 Å². The third-order valence-corrected chi connectivity index (χ3v) is 2.57. The summed E-state index contributed by atoms with van der Waals surface area (Å²) in [5.41, 5.74) is 0. The normalized spacial score (nSPS) is 32.4. The third-order valence-electron chi connectivity index (χ3n) is 2.57. The highest BCUT2D eigenvalue weighted by molar-refractivity contribution is 4.86. The molecule has 68 valence electrons. The van der Waals surface area contributed by atoms with Crippen molar-refractivity contribution in [1.29, 1.82) is 5.26 Å². The lowest BCUT2D eigenvalue weighted by molar-refractivity contribution is 0.260. The Bertz CT molecular complexity index is 173. The van der Waals surface area contributed by atoms with Gasteiger partial charge in [-0.15, -0.1) is 0 Å². The van der Waals surface area contributed by atoms with Gasteiger partial charge in [0.25, 0.3) is 0 Å². The highest BCUT2D eigenvalue weighted by Gasteiger charge is 2.19. The molecule has 1 heterocycles. The zero-order valence-corrected chi connectivity index (χ0v) is 7.88. The van der Waals surface area contributed by atoms with Crippen molar-refractivity contribution in [1.82, 2.24) is 10.2 Å². The summed E-state index contributed by atoms with van der Waals surface area (Å²) < 4.78 is 0. The molecule has 0 aromatic carbocycles. The van der Waals surface area contributed by atoms with Gasteiger partial charge in [0.2, 0.25) is 0 Å². The fourth-order valence-electron chi connectivity index (χ4n) is 1.51. The van der Waals surface area contributed by atoms with Gasteiger partial charge in [0.05, 0.1) is 12.5 Å². The van der Waals surface area contributed by atoms with E-state index in [1.807, 2.05) is 0 Å². The van der Waals surface area contributed by atoms with Crippen LogP contribution in [0.5, 0.6) is 0 Å². The van der Waals surface area contributed by atoms with Crippen molar-refractivity contribution in [3.8, 4) is 6.07 Å². The van der Waals surface area contributed by atoms with E-state index in [0.717, 1.165) is 13.1 Å². The van der Waals surface area contributed by atoms with E-state index >= 15 is 0 Å². The van der Waals surface area contributed by atoms with Crippen molar-refractivity contribution < 1.29 is 0 Å². The molecule has 0 aliphatic carbocycles. The van der Waals surface area contributed by atoms with Crippen molar-refractivity contribution in [2.75, 3.05) is 20.1 Å². The molecule has 1 saturated heterocycles. The zero-order chi connectivity index (χ0) is 8.97. The molecule has 1 aliphatic heterocycles. The highest BCUT2D eigenvalue weighted by atomic mass is 15.2. The Morgan fingerprint density at radius 1 is 1.67 bits per heavy atom. The van der Waals surface area contributed by atoms with Gasteiger partial charge < -0.3 is 10.2 Å². The quantitative estimate of drug-likeness (QED) is 0.621. The van der Waals surface area contributed by atoms with Crippen LogP contribution in [0.15, 0.2) is 0 Å². The summed E-state index contributed by atoms with van der Waals surface area (Å²) >= 11 is 0. The average Bonchev–Trinajstić information content (AvgIpc) is 2.20. The first-order valence-electron chi connectivity index (χ1n) is 4.54. The van der Waals surface area contributed by atoms with Crippen LogP contribution in [-0.2, 0) is 0 Å². The minimum Gasteiger partial charge on any atom is -0.313 e. The van der Waals surface area contributed by atoms with Gasteiger partial charge in [0.1, 0.15) is 0 Å². The van der Waals surface area contributed by atoms with Gasteiger partial charge in [0, 0.05) is 18.6 Å². The lowest BCUT2D eigenvalue weighted by Crippen LogP contribution is -2.37. The summed E-state index contributed by atoms with van der Waals surface area (Å²) in [6.07, 6.45) is 1.81. The number of nitrogens with zero attached hydrogens (tertiary/aromatic N) is 2. The maximum Gasteiger partial charge on any atom is 0.0638 e. The van der Waals surface area contributed by atoms with Gasteiger partial charge in [0.15, 0.2) is 0 Å². The van der Waals surface area contributed by atoms with Crippen molar-refractivity contribution in [3.05, 3.63) is 0 Å². The van der Waals surface area contributed by atoms with Crippen LogP contribution in [-0.4, -0.2) is 37.1 Å². The van der Waals surface area contributed by atoms with Gasteiger partial charge >= 0.3 is 0 Å². The molecule has 3 nitrogen and oxygen atoms in total. The second-order valence-corrected chi connectivity index (χ2v) is 3.59. The maximum atomic E-state index is 8.59. The molecular weight excluding hydrogens is 150 g/mol. The topological polar surface area (TPSA) is 39.1 Å². The molecule has 0 aromatic rings. The molecule has 0 saturated carbocycles. The predicted octanol–water partition coefficient (Wildman–Crippen LogP) is 0.582. The second kappa shape index (κ2) is 4.44. The Kier molecular flexibility index (Phi) is 3.51. The van der Waals surface area contributed by atoms with Crippen molar-refractivity contribution in [3.63, 3.8) is 0 Å². The number of hydrogen-bond donors (Lipinski definition) is 1. The van der Waals surface area contributed by atoms with Gasteiger partial charge in [-0.25, -0.2) is 0 Å². The number of nitriles is 1. The molecule has 1 rings (SSSR count). The fraction of sp³-hybridized carbons (Fsp3) is 0.889. The van der Waals surface area contributed by atoms with Crippen LogP contribution in [0.3, 0.4) is 0 Å². The SMILES string of the molecule is CC1CCN(C)C(CC#N)CN1. The molecule has 2 unspecified atom stereocenters. The first-order chi connectivity index (χ1) is 5.74. The monoisotopic (exact) mass is 167 g/mol. The summed E-state index contributed by atoms with van der Waals surface area (Å²) in [4.78, 5) is 2.28. The molecule has 2 atom stereocenters. The first kappa shape index (κ1) is 9.50. The highest BCUT2D eigenvalue weighted by Crippen LogP contribution is 2.07. The fourth-order valence-corrected chi connectivity index (χ4v) is 1.51. The summed E-state index contributed by atoms with van der Waals surface area (Å²) in [7, 11) is 2.10. The van der Waals surface area contributed by atoms with Crippen molar-refractivity contribution in [2.45, 2.75) is 31.8 Å². The summed E-state index contributed by atoms with van der Waals surface area (Å²) in [6.45, 7) is 4.24. The van der Waals surface area contributed by atoms with Gasteiger partial charge in [-0.2, -0.15) is 5.26 Å². The number of hydrogen-bond acceptors (Lipinski definition) is 3. The molecular formula is C9H17N3. The van der Waals surface area contributed by atoms with Crippen molar-refractivity contribution >= 4 is 0 Å². The standard InChI is InChI=1S/C9H17N3/c1-8-4-6-12(2)9(3-5-10)7-11-8/h8-9,11H,3-4,6-7H2,1-2H3. The van der Waals surface area contributed by atoms with E-state index in [0.29, 0.717) is 18.5 Å². The Labute approximate surface area is 74.4 Å². The predicted molar refractivity (Wildman–Crippen MR) is 48.7 cm³/mol. The number of likely N-dealkylation sites (N-methyl/N-ethyl adjacent to an activating group) is 1. The van der Waals surface area contributed by atoms with Crippen LogP contribution >= 0.6 is 0 Å². The van der Waals surface area contributed by atoms with E-state index in [1.54, 1.807) is 0 Å². The minimum atomic E-state index is 0.403. The molecule has 0 amide bonds. The Morgan fingerprint density at radius 2 is 2.42 bits per heavy atom. The van der Waals surface area contributed by atoms with Gasteiger partial charge in [-0.3, -0.25) is 0 Å². The minimum absolute atomic E-state index is 0.403. The van der Waals surface area contributed by atoms with E-state index in [4.69, 9.17) is 5.26 Å². The Balaban J connectivity index is 2.45. The maximum absolute atomic E-state index is 8.59. The van der Waals surface area contributed by atoms with Crippen LogP contribution in [0.1, 0.15) is 19.8 Å². The lowest BCUT2D eigenvalue weighted by atomic mass is 10.2. The average molecular weight is 167 g/mol. The zero-order valence-electron chi connectivity index (χ0n) is 7.88. The molecule has 12 heavy (non-hydrogen) atoms. The molecule has 1 fully saturated rings. The number of rotatable bonds is 1. The second-order valence-electron chi connectivity index (χ2n) is 3.59. The van der Waals surface area contributed by atoms with E-state index in [9.17, 15) is 0 Å². The third kappa shape index (κ3) is 2.47. The van der Waals surface area contributed by atoms with Gasteiger partial charge in [-0.1, -0.05) is 0 Å². The number of nitrogens with one attached hydrogen (secondary N) is 1. The molecule has 1 aliphatic rings. The first-order valence-corrected chi connectivity index (χ1v) is 4.54. The van der Waals surface area contributed by atoms with Crippen LogP contribution < -0.4 is 5.32 Å². The molecule has 1 N–H and O–H groups in total.